The molecule has 0 unspecified atom stereocenters. The molecule has 4 N–H and O–H groups in total. The summed E-state index contributed by atoms with van der Waals surface area (Å²) in [5.74, 6) is -0.599. The summed E-state index contributed by atoms with van der Waals surface area (Å²) >= 11 is 0. The number of aromatic amines is 1. The zero-order valence-electron chi connectivity index (χ0n) is 11.2. The molecule has 0 saturated heterocycles. The number of anilines is 1. The summed E-state index contributed by atoms with van der Waals surface area (Å²) in [6, 6.07) is 7.19. The summed E-state index contributed by atoms with van der Waals surface area (Å²) in [6.07, 6.45) is 0.155. The number of H-pyrrole nitrogens is 1. The Kier molecular flexibility index (Phi) is 4.24. The molecular weight excluding hydrogens is 258 g/mol. The third kappa shape index (κ3) is 3.09. The maximum absolute atomic E-state index is 11.9. The number of fused-ring (bicyclic) bond motifs is 1. The molecule has 6 heteroatoms. The standard InChI is InChI=1S/C14H17N3O3/c1-2-20-12(18)6-7-16-14(19)11-8-9-4-3-5-10(15)13(9)17-11/h3-5,8,17H,2,6-7,15H2,1H3,(H,16,19). The van der Waals surface area contributed by atoms with Gasteiger partial charge in [0.05, 0.1) is 24.2 Å². The number of hydrogen-bond donors (Lipinski definition) is 3. The van der Waals surface area contributed by atoms with E-state index < -0.39 is 0 Å². The van der Waals surface area contributed by atoms with Crippen LogP contribution in [-0.4, -0.2) is 30.0 Å². The van der Waals surface area contributed by atoms with E-state index in [4.69, 9.17) is 10.5 Å². The van der Waals surface area contributed by atoms with Gasteiger partial charge in [0.15, 0.2) is 0 Å². The molecule has 0 radical (unpaired) electrons. The summed E-state index contributed by atoms with van der Waals surface area (Å²) < 4.78 is 4.78. The minimum absolute atomic E-state index is 0.155. The van der Waals surface area contributed by atoms with Crippen LogP contribution >= 0.6 is 0 Å². The lowest BCUT2D eigenvalue weighted by atomic mass is 10.2. The van der Waals surface area contributed by atoms with E-state index >= 15 is 0 Å². The molecule has 0 fully saturated rings. The third-order valence-corrected chi connectivity index (χ3v) is 2.85. The highest BCUT2D eigenvalue weighted by Crippen LogP contribution is 2.20. The number of nitrogens with two attached hydrogens (primary N) is 1. The molecule has 1 aromatic heterocycles. The number of carbonyl (C=O) groups is 2. The number of nitrogen functional groups attached to an aromatic ring is 1. The van der Waals surface area contributed by atoms with Crippen molar-refractivity contribution < 1.29 is 14.3 Å². The van der Waals surface area contributed by atoms with Gasteiger partial charge in [0.2, 0.25) is 0 Å². The average molecular weight is 275 g/mol. The molecular formula is C14H17N3O3. The van der Waals surface area contributed by atoms with Crippen LogP contribution in [0.5, 0.6) is 0 Å². The Hall–Kier alpha value is -2.50. The summed E-state index contributed by atoms with van der Waals surface area (Å²) in [4.78, 5) is 26.1. The van der Waals surface area contributed by atoms with Crippen LogP contribution in [0.4, 0.5) is 5.69 Å². The fourth-order valence-corrected chi connectivity index (χ4v) is 1.91. The van der Waals surface area contributed by atoms with E-state index in [-0.39, 0.29) is 24.8 Å². The van der Waals surface area contributed by atoms with Gasteiger partial charge in [0.1, 0.15) is 5.69 Å². The minimum atomic E-state index is -0.325. The second kappa shape index (κ2) is 6.10. The molecule has 0 bridgehead atoms. The summed E-state index contributed by atoms with van der Waals surface area (Å²) in [5, 5.41) is 3.53. The van der Waals surface area contributed by atoms with Crippen LogP contribution in [0.1, 0.15) is 23.8 Å². The van der Waals surface area contributed by atoms with E-state index in [2.05, 4.69) is 10.3 Å². The number of nitrogens with one attached hydrogen (secondary N) is 2. The smallest absolute Gasteiger partial charge is 0.307 e. The third-order valence-electron chi connectivity index (χ3n) is 2.85. The zero-order valence-corrected chi connectivity index (χ0v) is 11.2. The Bertz CT molecular complexity index is 634. The SMILES string of the molecule is CCOC(=O)CCNC(=O)c1cc2cccc(N)c2[nH]1. The Morgan fingerprint density at radius 1 is 1.40 bits per heavy atom. The van der Waals surface area contributed by atoms with Crippen molar-refractivity contribution >= 4 is 28.5 Å². The number of para-hydroxylation sites is 1. The van der Waals surface area contributed by atoms with Crippen LogP contribution in [-0.2, 0) is 9.53 Å². The number of benzene rings is 1. The topological polar surface area (TPSA) is 97.2 Å². The maximum atomic E-state index is 11.9. The molecule has 0 aliphatic rings. The zero-order chi connectivity index (χ0) is 14.5. The highest BCUT2D eigenvalue weighted by molar-refractivity contribution is 6.00. The first-order chi connectivity index (χ1) is 9.61. The summed E-state index contributed by atoms with van der Waals surface area (Å²) in [7, 11) is 0. The molecule has 2 aromatic rings. The average Bonchev–Trinajstić information content (AvgIpc) is 2.84. The molecule has 0 saturated carbocycles. The second-order valence-corrected chi connectivity index (χ2v) is 4.31. The molecule has 20 heavy (non-hydrogen) atoms. The minimum Gasteiger partial charge on any atom is -0.466 e. The normalized spacial score (nSPS) is 10.4. The van der Waals surface area contributed by atoms with Crippen LogP contribution in [0.15, 0.2) is 24.3 Å². The molecule has 106 valence electrons. The van der Waals surface area contributed by atoms with Gasteiger partial charge >= 0.3 is 5.97 Å². The van der Waals surface area contributed by atoms with Crippen molar-refractivity contribution in [3.05, 3.63) is 30.0 Å². The fraction of sp³-hybridized carbons (Fsp3) is 0.286. The van der Waals surface area contributed by atoms with Gasteiger partial charge in [0.25, 0.3) is 5.91 Å². The fourth-order valence-electron chi connectivity index (χ4n) is 1.91. The Morgan fingerprint density at radius 3 is 2.90 bits per heavy atom. The molecule has 6 nitrogen and oxygen atoms in total. The van der Waals surface area contributed by atoms with Crippen LogP contribution < -0.4 is 11.1 Å². The largest absolute Gasteiger partial charge is 0.466 e. The van der Waals surface area contributed by atoms with Gasteiger partial charge in [-0.25, -0.2) is 0 Å². The van der Waals surface area contributed by atoms with Crippen LogP contribution in [0, 0.1) is 0 Å². The summed E-state index contributed by atoms with van der Waals surface area (Å²) in [5.41, 5.74) is 7.57. The van der Waals surface area contributed by atoms with Crippen molar-refractivity contribution in [2.75, 3.05) is 18.9 Å². The number of ether oxygens (including phenoxy) is 1. The number of aromatic nitrogens is 1. The molecule has 0 atom stereocenters. The van der Waals surface area contributed by atoms with Crippen molar-refractivity contribution in [2.45, 2.75) is 13.3 Å². The second-order valence-electron chi connectivity index (χ2n) is 4.31. The van der Waals surface area contributed by atoms with Crippen LogP contribution in [0.25, 0.3) is 10.9 Å². The predicted octanol–water partition coefficient (Wildman–Crippen LogP) is 1.43. The molecule has 1 amide bonds. The van der Waals surface area contributed by atoms with Crippen molar-refractivity contribution in [3.63, 3.8) is 0 Å². The summed E-state index contributed by atoms with van der Waals surface area (Å²) in [6.45, 7) is 2.32. The van der Waals surface area contributed by atoms with Gasteiger partial charge in [0, 0.05) is 11.9 Å². The number of esters is 1. The predicted molar refractivity (Wildman–Crippen MR) is 76.3 cm³/mol. The van der Waals surface area contributed by atoms with Crippen LogP contribution in [0.2, 0.25) is 0 Å². The van der Waals surface area contributed by atoms with Crippen molar-refractivity contribution in [3.8, 4) is 0 Å². The Morgan fingerprint density at radius 2 is 2.20 bits per heavy atom. The lowest BCUT2D eigenvalue weighted by Crippen LogP contribution is -2.26. The number of carbonyl (C=O) groups excluding carboxylic acids is 2. The van der Waals surface area contributed by atoms with Gasteiger partial charge in [-0.1, -0.05) is 12.1 Å². The van der Waals surface area contributed by atoms with Crippen molar-refractivity contribution in [1.82, 2.24) is 10.3 Å². The van der Waals surface area contributed by atoms with E-state index in [1.807, 2.05) is 12.1 Å². The molecule has 0 aliphatic carbocycles. The number of amides is 1. The number of rotatable bonds is 5. The van der Waals surface area contributed by atoms with Gasteiger partial charge < -0.3 is 20.8 Å². The van der Waals surface area contributed by atoms with Gasteiger partial charge in [-0.2, -0.15) is 0 Å². The molecule has 0 aliphatic heterocycles. The lowest BCUT2D eigenvalue weighted by Gasteiger charge is -2.03. The van der Waals surface area contributed by atoms with E-state index in [9.17, 15) is 9.59 Å². The highest BCUT2D eigenvalue weighted by atomic mass is 16.5. The van der Waals surface area contributed by atoms with Crippen LogP contribution in [0.3, 0.4) is 0 Å². The number of hydrogen-bond acceptors (Lipinski definition) is 4. The molecule has 0 spiro atoms. The van der Waals surface area contributed by atoms with E-state index in [1.165, 1.54) is 0 Å². The van der Waals surface area contributed by atoms with Crippen molar-refractivity contribution in [2.24, 2.45) is 0 Å². The molecule has 1 aromatic carbocycles. The van der Waals surface area contributed by atoms with E-state index in [0.29, 0.717) is 18.0 Å². The molecule has 1 heterocycles. The first-order valence-electron chi connectivity index (χ1n) is 6.43. The van der Waals surface area contributed by atoms with E-state index in [0.717, 1.165) is 10.9 Å². The van der Waals surface area contributed by atoms with Gasteiger partial charge in [-0.3, -0.25) is 9.59 Å². The van der Waals surface area contributed by atoms with Gasteiger partial charge in [-0.05, 0) is 19.1 Å². The van der Waals surface area contributed by atoms with Crippen molar-refractivity contribution in [1.29, 1.82) is 0 Å². The lowest BCUT2D eigenvalue weighted by molar-refractivity contribution is -0.142. The highest BCUT2D eigenvalue weighted by Gasteiger charge is 2.11. The van der Waals surface area contributed by atoms with E-state index in [1.54, 1.807) is 19.1 Å². The first-order valence-corrected chi connectivity index (χ1v) is 6.43. The van der Waals surface area contributed by atoms with Gasteiger partial charge in [-0.15, -0.1) is 0 Å². The monoisotopic (exact) mass is 275 g/mol. The molecule has 2 rings (SSSR count). The Balaban J connectivity index is 1.98. The first kappa shape index (κ1) is 13.9. The quantitative estimate of drug-likeness (QED) is 0.568. The Labute approximate surface area is 116 Å². The maximum Gasteiger partial charge on any atom is 0.307 e.